The van der Waals surface area contributed by atoms with Crippen LogP contribution in [0.5, 0.6) is 0 Å². The summed E-state index contributed by atoms with van der Waals surface area (Å²) >= 11 is 0. The van der Waals surface area contributed by atoms with Crippen LogP contribution in [0.25, 0.3) is 0 Å². The van der Waals surface area contributed by atoms with Gasteiger partial charge in [-0.3, -0.25) is 0 Å². The van der Waals surface area contributed by atoms with Gasteiger partial charge in [0.2, 0.25) is 0 Å². The van der Waals surface area contributed by atoms with Crippen LogP contribution in [0.3, 0.4) is 0 Å². The molecule has 0 amide bonds. The molecule has 0 bridgehead atoms. The van der Waals surface area contributed by atoms with Crippen LogP contribution < -0.4 is 0 Å². The molecule has 0 aliphatic heterocycles. The van der Waals surface area contributed by atoms with E-state index in [2.05, 4.69) is 16.4 Å². The summed E-state index contributed by atoms with van der Waals surface area (Å²) in [6, 6.07) is 0. The largest absolute Gasteiger partial charge is 0.399 e. The van der Waals surface area contributed by atoms with Gasteiger partial charge >= 0.3 is 0 Å². The van der Waals surface area contributed by atoms with Gasteiger partial charge in [-0.15, -0.1) is 12.4 Å². The summed E-state index contributed by atoms with van der Waals surface area (Å²) in [4.78, 5) is 4.65. The predicted molar refractivity (Wildman–Crippen MR) is 44.5 cm³/mol. The molecule has 59 valence electrons. The Kier molecular flexibility index (Phi) is 5.40. The van der Waals surface area contributed by atoms with Crippen LogP contribution in [0.2, 0.25) is 0 Å². The van der Waals surface area contributed by atoms with Crippen LogP contribution in [-0.4, -0.2) is 12.8 Å². The van der Waals surface area contributed by atoms with E-state index in [1.165, 1.54) is 18.6 Å². The third-order valence-corrected chi connectivity index (χ3v) is 1.47. The monoisotopic (exact) mass is 162 g/mol. The fraction of sp³-hybridized carbons (Fsp3) is 0.714. The molecule has 10 heavy (non-hydrogen) atoms. The minimum absolute atomic E-state index is 0. The molecule has 3 heteroatoms. The van der Waals surface area contributed by atoms with Crippen molar-refractivity contribution in [2.24, 2.45) is 5.16 Å². The number of nitrogens with zero attached hydrogens (tertiary/aromatic N) is 1. The summed E-state index contributed by atoms with van der Waals surface area (Å²) in [6.07, 6.45) is 6.87. The average molecular weight is 163 g/mol. The molecule has 1 radical (unpaired) electrons. The maximum Gasteiger partial charge on any atom is 0.106 e. The lowest BCUT2D eigenvalue weighted by atomic mass is 9.99. The van der Waals surface area contributed by atoms with E-state index in [1.807, 2.05) is 0 Å². The quantitative estimate of drug-likeness (QED) is 0.542. The molecule has 0 aromatic heterocycles. The zero-order valence-corrected chi connectivity index (χ0v) is 6.99. The third kappa shape index (κ3) is 3.06. The van der Waals surface area contributed by atoms with Crippen molar-refractivity contribution in [2.75, 3.05) is 7.11 Å². The van der Waals surface area contributed by atoms with E-state index in [-0.39, 0.29) is 12.4 Å². The molecule has 1 fully saturated rings. The molecule has 0 unspecified atom stereocenters. The molecule has 0 atom stereocenters. The van der Waals surface area contributed by atoms with E-state index < -0.39 is 0 Å². The van der Waals surface area contributed by atoms with Crippen molar-refractivity contribution >= 4 is 18.1 Å². The van der Waals surface area contributed by atoms with Crippen LogP contribution in [0, 0.1) is 6.42 Å². The number of oxime groups is 1. The van der Waals surface area contributed by atoms with E-state index in [0.717, 1.165) is 12.8 Å². The Bertz CT molecular complexity index is 106. The Hall–Kier alpha value is -0.240. The zero-order chi connectivity index (χ0) is 6.53. The first-order valence-corrected chi connectivity index (χ1v) is 3.34. The molecule has 0 heterocycles. The third-order valence-electron chi connectivity index (χ3n) is 1.47. The average Bonchev–Trinajstić information content (AvgIpc) is 1.91. The summed E-state index contributed by atoms with van der Waals surface area (Å²) in [6.45, 7) is 0. The highest BCUT2D eigenvalue weighted by Crippen LogP contribution is 2.13. The smallest absolute Gasteiger partial charge is 0.106 e. The first-order chi connectivity index (χ1) is 4.43. The van der Waals surface area contributed by atoms with Gasteiger partial charge in [0, 0.05) is 0 Å². The second kappa shape index (κ2) is 5.54. The normalized spacial score (nSPS) is 21.9. The van der Waals surface area contributed by atoms with Crippen molar-refractivity contribution in [3.63, 3.8) is 0 Å². The molecule has 1 rings (SSSR count). The maximum atomic E-state index is 4.65. The van der Waals surface area contributed by atoms with Crippen molar-refractivity contribution < 1.29 is 4.84 Å². The summed E-state index contributed by atoms with van der Waals surface area (Å²) in [5.41, 5.74) is 1.18. The van der Waals surface area contributed by atoms with Crippen LogP contribution in [0.15, 0.2) is 5.16 Å². The molecular formula is C7H13ClNO. The summed E-state index contributed by atoms with van der Waals surface area (Å²) in [5.74, 6) is 0. The Balaban J connectivity index is 0.000000810. The van der Waals surface area contributed by atoms with Crippen LogP contribution >= 0.6 is 12.4 Å². The Labute approximate surface area is 68.0 Å². The SMILES string of the molecule is CON=C1C[CH]CCC1.Cl. The molecule has 1 aliphatic rings. The summed E-state index contributed by atoms with van der Waals surface area (Å²) in [5, 5.41) is 3.87. The van der Waals surface area contributed by atoms with Gasteiger partial charge in [-0.1, -0.05) is 5.16 Å². The number of hydrogen-bond acceptors (Lipinski definition) is 2. The fourth-order valence-corrected chi connectivity index (χ4v) is 1.03. The van der Waals surface area contributed by atoms with Crippen molar-refractivity contribution in [2.45, 2.75) is 25.7 Å². The van der Waals surface area contributed by atoms with Crippen LogP contribution in [-0.2, 0) is 4.84 Å². The van der Waals surface area contributed by atoms with E-state index in [0.29, 0.717) is 0 Å². The van der Waals surface area contributed by atoms with Gasteiger partial charge in [0.1, 0.15) is 7.11 Å². The number of rotatable bonds is 1. The van der Waals surface area contributed by atoms with E-state index >= 15 is 0 Å². The standard InChI is InChI=1S/C7H12NO.ClH/c1-9-8-7-5-3-2-4-6-7;/h3H,2,4-6H2,1H3;1H. The van der Waals surface area contributed by atoms with Gasteiger partial charge < -0.3 is 4.84 Å². The number of hydrogen-bond donors (Lipinski definition) is 0. The molecule has 0 aromatic carbocycles. The summed E-state index contributed by atoms with van der Waals surface area (Å²) < 4.78 is 0. The van der Waals surface area contributed by atoms with Crippen molar-refractivity contribution in [1.82, 2.24) is 0 Å². The second-order valence-electron chi connectivity index (χ2n) is 2.23. The second-order valence-corrected chi connectivity index (χ2v) is 2.23. The Morgan fingerprint density at radius 3 is 2.90 bits per heavy atom. The summed E-state index contributed by atoms with van der Waals surface area (Å²) in [7, 11) is 1.60. The first-order valence-electron chi connectivity index (χ1n) is 3.34. The molecule has 1 saturated carbocycles. The molecule has 0 N–H and O–H groups in total. The highest BCUT2D eigenvalue weighted by Gasteiger charge is 2.06. The van der Waals surface area contributed by atoms with Crippen molar-refractivity contribution in [3.05, 3.63) is 6.42 Å². The highest BCUT2D eigenvalue weighted by atomic mass is 35.5. The molecular weight excluding hydrogens is 150 g/mol. The predicted octanol–water partition coefficient (Wildman–Crippen LogP) is 2.19. The molecule has 2 nitrogen and oxygen atoms in total. The van der Waals surface area contributed by atoms with E-state index in [1.54, 1.807) is 7.11 Å². The van der Waals surface area contributed by atoms with E-state index in [4.69, 9.17) is 0 Å². The van der Waals surface area contributed by atoms with Gasteiger partial charge in [0.15, 0.2) is 0 Å². The highest BCUT2D eigenvalue weighted by molar-refractivity contribution is 5.85. The van der Waals surface area contributed by atoms with Gasteiger partial charge in [-0.05, 0) is 32.1 Å². The van der Waals surface area contributed by atoms with Gasteiger partial charge in [0.25, 0.3) is 0 Å². The Morgan fingerprint density at radius 1 is 1.60 bits per heavy atom. The fourth-order valence-electron chi connectivity index (χ4n) is 1.03. The van der Waals surface area contributed by atoms with Crippen LogP contribution in [0.4, 0.5) is 0 Å². The lowest BCUT2D eigenvalue weighted by Crippen LogP contribution is -2.05. The molecule has 0 aromatic rings. The van der Waals surface area contributed by atoms with Gasteiger partial charge in [-0.2, -0.15) is 0 Å². The van der Waals surface area contributed by atoms with Gasteiger partial charge in [-0.25, -0.2) is 0 Å². The van der Waals surface area contributed by atoms with Crippen LogP contribution in [0.1, 0.15) is 25.7 Å². The molecule has 1 aliphatic carbocycles. The topological polar surface area (TPSA) is 21.6 Å². The lowest BCUT2D eigenvalue weighted by molar-refractivity contribution is 0.211. The van der Waals surface area contributed by atoms with E-state index in [9.17, 15) is 0 Å². The molecule has 0 saturated heterocycles. The van der Waals surface area contributed by atoms with Crippen molar-refractivity contribution in [1.29, 1.82) is 0 Å². The Morgan fingerprint density at radius 2 is 2.40 bits per heavy atom. The minimum atomic E-state index is 0. The van der Waals surface area contributed by atoms with Gasteiger partial charge in [0.05, 0.1) is 5.71 Å². The lowest BCUT2D eigenvalue weighted by Gasteiger charge is -2.09. The number of halogens is 1. The zero-order valence-electron chi connectivity index (χ0n) is 6.17. The maximum absolute atomic E-state index is 4.65. The first kappa shape index (κ1) is 9.76. The molecule has 0 spiro atoms. The minimum Gasteiger partial charge on any atom is -0.399 e. The van der Waals surface area contributed by atoms with Crippen molar-refractivity contribution in [3.8, 4) is 0 Å².